The second kappa shape index (κ2) is 8.74. The summed E-state index contributed by atoms with van der Waals surface area (Å²) in [4.78, 5) is 30.6. The standard InChI is InChI=1S/C25H29N3O2/c1-17-7-9-19(10-8-17)16-26-24(29)18(2)20-11-13-28(14-12-20)25(30)23-15-21-5-3-4-6-22(21)27-23/h3-10,15,18,20,27H,11-14,16H2,1-2H3,(H,26,29)/t18-/m0/s1. The van der Waals surface area contributed by atoms with Gasteiger partial charge < -0.3 is 15.2 Å². The molecule has 1 fully saturated rings. The Bertz CT molecular complexity index is 997. The highest BCUT2D eigenvalue weighted by molar-refractivity contribution is 5.98. The molecular weight excluding hydrogens is 374 g/mol. The fourth-order valence-electron chi connectivity index (χ4n) is 4.23. The number of nitrogens with zero attached hydrogens (tertiary/aromatic N) is 1. The fraction of sp³-hybridized carbons (Fsp3) is 0.360. The lowest BCUT2D eigenvalue weighted by atomic mass is 9.84. The van der Waals surface area contributed by atoms with Crippen molar-refractivity contribution < 1.29 is 9.59 Å². The highest BCUT2D eigenvalue weighted by atomic mass is 16.2. The van der Waals surface area contributed by atoms with Gasteiger partial charge in [0.2, 0.25) is 5.91 Å². The third kappa shape index (κ3) is 4.40. The molecule has 0 unspecified atom stereocenters. The van der Waals surface area contributed by atoms with Gasteiger partial charge in [0, 0.05) is 36.5 Å². The summed E-state index contributed by atoms with van der Waals surface area (Å²) in [5.74, 6) is 0.382. The van der Waals surface area contributed by atoms with E-state index in [4.69, 9.17) is 0 Å². The number of likely N-dealkylation sites (tertiary alicyclic amines) is 1. The predicted octanol–water partition coefficient (Wildman–Crippen LogP) is 4.28. The first-order valence-electron chi connectivity index (χ1n) is 10.7. The number of carbonyl (C=O) groups is 2. The van der Waals surface area contributed by atoms with Gasteiger partial charge in [0.05, 0.1) is 0 Å². The maximum Gasteiger partial charge on any atom is 0.270 e. The molecule has 1 saturated heterocycles. The van der Waals surface area contributed by atoms with Crippen molar-refractivity contribution in [2.75, 3.05) is 13.1 Å². The Kier molecular flexibility index (Phi) is 5.88. The van der Waals surface area contributed by atoms with Crippen molar-refractivity contribution in [3.05, 3.63) is 71.4 Å². The van der Waals surface area contributed by atoms with E-state index >= 15 is 0 Å². The number of piperidine rings is 1. The van der Waals surface area contributed by atoms with Crippen LogP contribution in [0.15, 0.2) is 54.6 Å². The number of amides is 2. The van der Waals surface area contributed by atoms with Crippen molar-refractivity contribution in [1.82, 2.24) is 15.2 Å². The van der Waals surface area contributed by atoms with Crippen LogP contribution in [-0.4, -0.2) is 34.8 Å². The average Bonchev–Trinajstić information content (AvgIpc) is 3.22. The van der Waals surface area contributed by atoms with Crippen LogP contribution in [0.3, 0.4) is 0 Å². The van der Waals surface area contributed by atoms with Gasteiger partial charge in [-0.25, -0.2) is 0 Å². The third-order valence-electron chi connectivity index (χ3n) is 6.30. The number of para-hydroxylation sites is 1. The van der Waals surface area contributed by atoms with Crippen molar-refractivity contribution in [2.24, 2.45) is 11.8 Å². The van der Waals surface area contributed by atoms with Gasteiger partial charge in [-0.05, 0) is 43.4 Å². The molecule has 5 heteroatoms. The Morgan fingerprint density at radius 3 is 2.50 bits per heavy atom. The summed E-state index contributed by atoms with van der Waals surface area (Å²) in [6.45, 7) is 5.99. The first-order valence-corrected chi connectivity index (χ1v) is 10.7. The van der Waals surface area contributed by atoms with E-state index in [-0.39, 0.29) is 17.7 Å². The van der Waals surface area contributed by atoms with Gasteiger partial charge in [-0.15, -0.1) is 0 Å². The molecule has 1 aliphatic rings. The number of rotatable bonds is 5. The zero-order valence-corrected chi connectivity index (χ0v) is 17.7. The molecule has 1 aromatic heterocycles. The summed E-state index contributed by atoms with van der Waals surface area (Å²) in [5, 5.41) is 4.12. The number of nitrogens with one attached hydrogen (secondary N) is 2. The van der Waals surface area contributed by atoms with Crippen molar-refractivity contribution in [3.63, 3.8) is 0 Å². The first-order chi connectivity index (χ1) is 14.5. The smallest absolute Gasteiger partial charge is 0.270 e. The number of hydrogen-bond acceptors (Lipinski definition) is 2. The largest absolute Gasteiger partial charge is 0.352 e. The van der Waals surface area contributed by atoms with E-state index in [9.17, 15) is 9.59 Å². The van der Waals surface area contributed by atoms with Gasteiger partial charge in [-0.3, -0.25) is 9.59 Å². The van der Waals surface area contributed by atoms with Crippen molar-refractivity contribution in [2.45, 2.75) is 33.2 Å². The summed E-state index contributed by atoms with van der Waals surface area (Å²) < 4.78 is 0. The summed E-state index contributed by atoms with van der Waals surface area (Å²) in [6, 6.07) is 18.1. The molecule has 0 bridgehead atoms. The number of aryl methyl sites for hydroxylation is 1. The first kappa shape index (κ1) is 20.2. The van der Waals surface area contributed by atoms with Crippen LogP contribution >= 0.6 is 0 Å². The maximum atomic E-state index is 12.9. The molecular formula is C25H29N3O2. The average molecular weight is 404 g/mol. The molecule has 0 saturated carbocycles. The molecule has 30 heavy (non-hydrogen) atoms. The molecule has 0 radical (unpaired) electrons. The number of hydrogen-bond donors (Lipinski definition) is 2. The van der Waals surface area contributed by atoms with Gasteiger partial charge >= 0.3 is 0 Å². The van der Waals surface area contributed by atoms with Gasteiger partial charge in [0.1, 0.15) is 5.69 Å². The van der Waals surface area contributed by atoms with E-state index in [1.165, 1.54) is 5.56 Å². The monoisotopic (exact) mass is 403 g/mol. The van der Waals surface area contributed by atoms with Crippen LogP contribution in [0.5, 0.6) is 0 Å². The number of fused-ring (bicyclic) bond motifs is 1. The minimum Gasteiger partial charge on any atom is -0.352 e. The summed E-state index contributed by atoms with van der Waals surface area (Å²) in [7, 11) is 0. The fourth-order valence-corrected chi connectivity index (χ4v) is 4.23. The molecule has 2 aromatic carbocycles. The van der Waals surface area contributed by atoms with Crippen LogP contribution in [0.2, 0.25) is 0 Å². The van der Waals surface area contributed by atoms with Crippen molar-refractivity contribution in [3.8, 4) is 0 Å². The van der Waals surface area contributed by atoms with E-state index < -0.39 is 0 Å². The topological polar surface area (TPSA) is 65.2 Å². The normalized spacial score (nSPS) is 15.9. The minimum atomic E-state index is -0.0548. The minimum absolute atomic E-state index is 0.0427. The van der Waals surface area contributed by atoms with Crippen LogP contribution in [-0.2, 0) is 11.3 Å². The van der Waals surface area contributed by atoms with Crippen molar-refractivity contribution in [1.29, 1.82) is 0 Å². The number of H-pyrrole nitrogens is 1. The van der Waals surface area contributed by atoms with Crippen LogP contribution in [0.4, 0.5) is 0 Å². The van der Waals surface area contributed by atoms with Crippen molar-refractivity contribution >= 4 is 22.7 Å². The molecule has 2 heterocycles. The lowest BCUT2D eigenvalue weighted by Gasteiger charge is -2.34. The van der Waals surface area contributed by atoms with Gasteiger partial charge in [-0.1, -0.05) is 55.0 Å². The molecule has 1 atom stereocenters. The molecule has 3 aromatic rings. The Labute approximate surface area is 177 Å². The maximum absolute atomic E-state index is 12.9. The number of aromatic nitrogens is 1. The van der Waals surface area contributed by atoms with Crippen LogP contribution in [0.1, 0.15) is 41.4 Å². The Morgan fingerprint density at radius 1 is 1.10 bits per heavy atom. The van der Waals surface area contributed by atoms with Crippen LogP contribution in [0, 0.1) is 18.8 Å². The SMILES string of the molecule is Cc1ccc(CNC(=O)[C@@H](C)C2CCN(C(=O)c3cc4ccccc4[nH]3)CC2)cc1. The van der Waals surface area contributed by atoms with Crippen LogP contribution < -0.4 is 5.32 Å². The van der Waals surface area contributed by atoms with E-state index in [1.54, 1.807) is 0 Å². The van der Waals surface area contributed by atoms with Gasteiger partial charge in [0.25, 0.3) is 5.91 Å². The molecule has 4 rings (SSSR count). The second-order valence-corrected chi connectivity index (χ2v) is 8.39. The Morgan fingerprint density at radius 2 is 1.80 bits per heavy atom. The summed E-state index contributed by atoms with van der Waals surface area (Å²) in [6.07, 6.45) is 1.70. The highest BCUT2D eigenvalue weighted by Crippen LogP contribution is 2.26. The zero-order chi connectivity index (χ0) is 21.1. The zero-order valence-electron chi connectivity index (χ0n) is 17.7. The lowest BCUT2D eigenvalue weighted by molar-refractivity contribution is -0.126. The van der Waals surface area contributed by atoms with Crippen LogP contribution in [0.25, 0.3) is 10.9 Å². The number of benzene rings is 2. The number of aromatic amines is 1. The van der Waals surface area contributed by atoms with Gasteiger partial charge in [0.15, 0.2) is 0 Å². The number of carbonyl (C=O) groups excluding carboxylic acids is 2. The molecule has 2 N–H and O–H groups in total. The second-order valence-electron chi connectivity index (χ2n) is 8.39. The predicted molar refractivity (Wildman–Crippen MR) is 119 cm³/mol. The van der Waals surface area contributed by atoms with E-state index in [2.05, 4.69) is 41.5 Å². The molecule has 156 valence electrons. The molecule has 0 spiro atoms. The quantitative estimate of drug-likeness (QED) is 0.668. The van der Waals surface area contributed by atoms with Gasteiger partial charge in [-0.2, -0.15) is 0 Å². The molecule has 2 amide bonds. The lowest BCUT2D eigenvalue weighted by Crippen LogP contribution is -2.42. The summed E-state index contributed by atoms with van der Waals surface area (Å²) >= 11 is 0. The molecule has 1 aliphatic heterocycles. The Hall–Kier alpha value is -3.08. The highest BCUT2D eigenvalue weighted by Gasteiger charge is 2.30. The van der Waals surface area contributed by atoms with E-state index in [0.717, 1.165) is 29.3 Å². The van der Waals surface area contributed by atoms with E-state index in [0.29, 0.717) is 31.2 Å². The molecule has 0 aliphatic carbocycles. The Balaban J connectivity index is 1.29. The molecule has 5 nitrogen and oxygen atoms in total. The summed E-state index contributed by atoms with van der Waals surface area (Å²) in [5.41, 5.74) is 3.94. The van der Waals surface area contributed by atoms with E-state index in [1.807, 2.05) is 42.2 Å². The third-order valence-corrected chi connectivity index (χ3v) is 6.30.